The van der Waals surface area contributed by atoms with E-state index in [0.29, 0.717) is 29.2 Å². The van der Waals surface area contributed by atoms with Crippen LogP contribution < -0.4 is 14.8 Å². The third kappa shape index (κ3) is 6.71. The van der Waals surface area contributed by atoms with Crippen LogP contribution in [0.5, 0.6) is 11.5 Å². The third-order valence-corrected chi connectivity index (χ3v) is 7.82. The van der Waals surface area contributed by atoms with Crippen molar-refractivity contribution in [2.24, 2.45) is 0 Å². The summed E-state index contributed by atoms with van der Waals surface area (Å²) in [4.78, 5) is 15.2. The molecule has 1 amide bonds. The Morgan fingerprint density at radius 1 is 1.03 bits per heavy atom. The van der Waals surface area contributed by atoms with Crippen LogP contribution in [0.25, 0.3) is 0 Å². The minimum Gasteiger partial charge on any atom is -0.493 e. The number of carbonyl (C=O) groups excluding carboxylic acids is 1. The van der Waals surface area contributed by atoms with Crippen molar-refractivity contribution in [3.63, 3.8) is 0 Å². The molecule has 0 bridgehead atoms. The smallest absolute Gasteiger partial charge is 0.251 e. The SMILES string of the molecule is CCN(CC)CCOc1ccc(CNC(=O)c2cc(C)c(C)c(S(=O)(=O)N(C)C)c2)cc1OC. The van der Waals surface area contributed by atoms with Gasteiger partial charge in [0.2, 0.25) is 10.0 Å². The van der Waals surface area contributed by atoms with Crippen LogP contribution >= 0.6 is 0 Å². The Labute approximate surface area is 203 Å². The fourth-order valence-electron chi connectivity index (χ4n) is 3.47. The molecule has 8 nitrogen and oxygen atoms in total. The van der Waals surface area contributed by atoms with Crippen LogP contribution in [-0.4, -0.2) is 71.0 Å². The molecule has 0 saturated heterocycles. The molecule has 2 rings (SSSR count). The lowest BCUT2D eigenvalue weighted by atomic mass is 10.1. The van der Waals surface area contributed by atoms with Gasteiger partial charge < -0.3 is 19.7 Å². The maximum absolute atomic E-state index is 12.8. The highest BCUT2D eigenvalue weighted by Crippen LogP contribution is 2.28. The van der Waals surface area contributed by atoms with Crippen molar-refractivity contribution in [2.45, 2.75) is 39.1 Å². The first kappa shape index (κ1) is 27.6. The van der Waals surface area contributed by atoms with Crippen LogP contribution in [-0.2, 0) is 16.6 Å². The van der Waals surface area contributed by atoms with Gasteiger partial charge in [-0.3, -0.25) is 4.79 Å². The second-order valence-corrected chi connectivity index (χ2v) is 10.4. The summed E-state index contributed by atoms with van der Waals surface area (Å²) in [5, 5.41) is 2.86. The Morgan fingerprint density at radius 3 is 2.29 bits per heavy atom. The van der Waals surface area contributed by atoms with Crippen molar-refractivity contribution in [1.82, 2.24) is 14.5 Å². The van der Waals surface area contributed by atoms with E-state index in [1.807, 2.05) is 18.2 Å². The summed E-state index contributed by atoms with van der Waals surface area (Å²) in [5.41, 5.74) is 2.51. The average molecular weight is 492 g/mol. The van der Waals surface area contributed by atoms with E-state index in [4.69, 9.17) is 9.47 Å². The molecule has 0 fully saturated rings. The topological polar surface area (TPSA) is 88.2 Å². The standard InChI is InChI=1S/C25H37N3O5S/c1-8-28(9-2)12-13-33-22-11-10-20(15-23(22)32-7)17-26-25(29)21-14-18(3)19(4)24(16-21)34(30,31)27(5)6/h10-11,14-16H,8-9,12-13,17H2,1-7H3,(H,26,29). The number of rotatable bonds is 12. The van der Waals surface area contributed by atoms with Gasteiger partial charge in [-0.15, -0.1) is 0 Å². The van der Waals surface area contributed by atoms with Gasteiger partial charge in [-0.2, -0.15) is 0 Å². The van der Waals surface area contributed by atoms with Crippen LogP contribution in [0.3, 0.4) is 0 Å². The summed E-state index contributed by atoms with van der Waals surface area (Å²) in [6.45, 7) is 11.4. The molecule has 9 heteroatoms. The number of likely N-dealkylation sites (N-methyl/N-ethyl adjacent to an activating group) is 1. The maximum atomic E-state index is 12.8. The first-order chi connectivity index (χ1) is 16.0. The molecule has 2 aromatic rings. The number of sulfonamides is 1. The predicted molar refractivity (Wildman–Crippen MR) is 134 cm³/mol. The molecule has 0 heterocycles. The zero-order valence-electron chi connectivity index (χ0n) is 21.3. The van der Waals surface area contributed by atoms with Crippen LogP contribution in [0.1, 0.15) is 40.9 Å². The number of methoxy groups -OCH3 is 1. The van der Waals surface area contributed by atoms with Gasteiger partial charge in [0.05, 0.1) is 12.0 Å². The lowest BCUT2D eigenvalue weighted by Crippen LogP contribution is -2.28. The van der Waals surface area contributed by atoms with Gasteiger partial charge in [0, 0.05) is 32.7 Å². The van der Waals surface area contributed by atoms with Crippen molar-refractivity contribution in [2.75, 3.05) is 47.4 Å². The summed E-state index contributed by atoms with van der Waals surface area (Å²) in [6.07, 6.45) is 0. The number of aryl methyl sites for hydroxylation is 1. The Hall–Kier alpha value is -2.62. The van der Waals surface area contributed by atoms with E-state index in [2.05, 4.69) is 24.1 Å². The highest BCUT2D eigenvalue weighted by atomic mass is 32.2. The summed E-state index contributed by atoms with van der Waals surface area (Å²) in [7, 11) is 0.863. The first-order valence-electron chi connectivity index (χ1n) is 11.4. The molecule has 0 aliphatic rings. The quantitative estimate of drug-likeness (QED) is 0.491. The Balaban J connectivity index is 2.12. The number of nitrogens with zero attached hydrogens (tertiary/aromatic N) is 2. The van der Waals surface area contributed by atoms with Gasteiger partial charge >= 0.3 is 0 Å². The molecule has 0 aromatic heterocycles. The van der Waals surface area contributed by atoms with Crippen molar-refractivity contribution in [3.05, 3.63) is 52.6 Å². The lowest BCUT2D eigenvalue weighted by molar-refractivity contribution is 0.0950. The summed E-state index contributed by atoms with van der Waals surface area (Å²) in [5.74, 6) is 0.895. The molecule has 0 atom stereocenters. The van der Waals surface area contributed by atoms with Gasteiger partial charge in [-0.1, -0.05) is 19.9 Å². The van der Waals surface area contributed by atoms with E-state index in [1.165, 1.54) is 20.2 Å². The number of benzene rings is 2. The molecule has 0 radical (unpaired) electrons. The summed E-state index contributed by atoms with van der Waals surface area (Å²) >= 11 is 0. The maximum Gasteiger partial charge on any atom is 0.251 e. The van der Waals surface area contributed by atoms with E-state index in [0.717, 1.165) is 35.1 Å². The van der Waals surface area contributed by atoms with Crippen LogP contribution in [0, 0.1) is 13.8 Å². The molecule has 2 aromatic carbocycles. The van der Waals surface area contributed by atoms with Crippen LogP contribution in [0.4, 0.5) is 0 Å². The van der Waals surface area contributed by atoms with Gasteiger partial charge in [0.1, 0.15) is 6.61 Å². The minimum atomic E-state index is -3.66. The van der Waals surface area contributed by atoms with Gasteiger partial charge in [-0.25, -0.2) is 12.7 Å². The lowest BCUT2D eigenvalue weighted by Gasteiger charge is -2.19. The van der Waals surface area contributed by atoms with E-state index < -0.39 is 10.0 Å². The molecular weight excluding hydrogens is 454 g/mol. The van der Waals surface area contributed by atoms with Gasteiger partial charge in [0.25, 0.3) is 5.91 Å². The summed E-state index contributed by atoms with van der Waals surface area (Å²) < 4.78 is 37.9. The van der Waals surface area contributed by atoms with Crippen LogP contribution in [0.15, 0.2) is 35.2 Å². The number of hydrogen-bond acceptors (Lipinski definition) is 6. The molecular formula is C25H37N3O5S. The highest BCUT2D eigenvalue weighted by molar-refractivity contribution is 7.89. The number of nitrogens with one attached hydrogen (secondary N) is 1. The monoisotopic (exact) mass is 491 g/mol. The molecule has 1 N–H and O–H groups in total. The van der Waals surface area contributed by atoms with Gasteiger partial charge in [0.15, 0.2) is 11.5 Å². The zero-order valence-corrected chi connectivity index (χ0v) is 22.1. The van der Waals surface area contributed by atoms with Crippen molar-refractivity contribution >= 4 is 15.9 Å². The second-order valence-electron chi connectivity index (χ2n) is 8.25. The van der Waals surface area contributed by atoms with Crippen molar-refractivity contribution in [1.29, 1.82) is 0 Å². The third-order valence-electron chi connectivity index (χ3n) is 5.88. The second kappa shape index (κ2) is 12.2. The molecule has 0 unspecified atom stereocenters. The Bertz CT molecular complexity index is 1100. The molecule has 0 spiro atoms. The normalized spacial score (nSPS) is 11.7. The molecule has 0 saturated carbocycles. The largest absolute Gasteiger partial charge is 0.493 e. The highest BCUT2D eigenvalue weighted by Gasteiger charge is 2.23. The number of ether oxygens (including phenoxy) is 2. The predicted octanol–water partition coefficient (Wildman–Crippen LogP) is 3.21. The van der Waals surface area contributed by atoms with Crippen molar-refractivity contribution in [3.8, 4) is 11.5 Å². The van der Waals surface area contributed by atoms with Crippen molar-refractivity contribution < 1.29 is 22.7 Å². The molecule has 34 heavy (non-hydrogen) atoms. The molecule has 0 aliphatic heterocycles. The minimum absolute atomic E-state index is 0.135. The summed E-state index contributed by atoms with van der Waals surface area (Å²) in [6, 6.07) is 8.67. The molecule has 0 aliphatic carbocycles. The average Bonchev–Trinajstić information content (AvgIpc) is 2.81. The zero-order chi connectivity index (χ0) is 25.5. The first-order valence-corrected chi connectivity index (χ1v) is 12.8. The molecule has 188 valence electrons. The fraction of sp³-hybridized carbons (Fsp3) is 0.480. The van der Waals surface area contributed by atoms with E-state index in [1.54, 1.807) is 27.0 Å². The fourth-order valence-corrected chi connectivity index (χ4v) is 4.69. The van der Waals surface area contributed by atoms with Gasteiger partial charge in [-0.05, 0) is 67.9 Å². The number of amides is 1. The van der Waals surface area contributed by atoms with E-state index >= 15 is 0 Å². The Morgan fingerprint density at radius 2 is 1.71 bits per heavy atom. The Kier molecular flexibility index (Phi) is 9.90. The van der Waals surface area contributed by atoms with E-state index in [9.17, 15) is 13.2 Å². The number of carbonyl (C=O) groups is 1. The van der Waals surface area contributed by atoms with Crippen LogP contribution in [0.2, 0.25) is 0 Å². The number of hydrogen-bond donors (Lipinski definition) is 1. The van der Waals surface area contributed by atoms with E-state index in [-0.39, 0.29) is 17.3 Å².